The Morgan fingerprint density at radius 3 is 2.56 bits per heavy atom. The average Bonchev–Trinajstić information content (AvgIpc) is 2.25. The first-order valence-electron chi connectivity index (χ1n) is 4.69. The number of carbonyl (C=O) groups excluding carboxylic acids is 1. The molecular weight excluding hydrogens is 271 g/mol. The minimum absolute atomic E-state index is 0.00610. The van der Waals surface area contributed by atoms with Crippen LogP contribution in [0.3, 0.4) is 0 Å². The first-order chi connectivity index (χ1) is 8.26. The van der Waals surface area contributed by atoms with Crippen molar-refractivity contribution in [1.82, 2.24) is 0 Å². The lowest BCUT2D eigenvalue weighted by molar-refractivity contribution is -0.274. The van der Waals surface area contributed by atoms with Gasteiger partial charge in [0.25, 0.3) is 0 Å². The van der Waals surface area contributed by atoms with Crippen LogP contribution in [-0.4, -0.2) is 12.1 Å². The number of ether oxygens (including phenoxy) is 1. The van der Waals surface area contributed by atoms with Gasteiger partial charge in [0.1, 0.15) is 17.2 Å². The molecule has 18 heavy (non-hydrogen) atoms. The van der Waals surface area contributed by atoms with Gasteiger partial charge in [-0.2, -0.15) is 5.26 Å². The summed E-state index contributed by atoms with van der Waals surface area (Å²) in [6, 6.07) is 5.08. The largest absolute Gasteiger partial charge is 0.573 e. The highest BCUT2D eigenvalue weighted by Crippen LogP contribution is 2.33. The molecular formula is C11H7ClF3NO2. The van der Waals surface area contributed by atoms with E-state index in [4.69, 9.17) is 16.9 Å². The number of nitrogens with zero attached hydrogens (tertiary/aromatic N) is 1. The van der Waals surface area contributed by atoms with Gasteiger partial charge in [-0.3, -0.25) is 4.79 Å². The molecule has 0 amide bonds. The molecule has 0 saturated heterocycles. The molecule has 0 aromatic heterocycles. The van der Waals surface area contributed by atoms with Gasteiger partial charge >= 0.3 is 6.36 Å². The molecule has 0 aliphatic rings. The molecule has 0 aliphatic heterocycles. The van der Waals surface area contributed by atoms with E-state index in [1.54, 1.807) is 6.07 Å². The van der Waals surface area contributed by atoms with Crippen molar-refractivity contribution in [1.29, 1.82) is 5.26 Å². The van der Waals surface area contributed by atoms with Crippen LogP contribution >= 0.6 is 11.6 Å². The summed E-state index contributed by atoms with van der Waals surface area (Å²) in [5, 5.41) is 7.68. The Morgan fingerprint density at radius 2 is 2.11 bits per heavy atom. The number of Topliss-reactive ketones (excluding diaryl/α,β-unsaturated/α-hetero) is 1. The van der Waals surface area contributed by atoms with Crippen molar-refractivity contribution in [2.75, 3.05) is 0 Å². The molecule has 1 aromatic rings. The van der Waals surface area contributed by atoms with Gasteiger partial charge < -0.3 is 4.74 Å². The zero-order chi connectivity index (χ0) is 13.9. The number of alkyl halides is 4. The Balaban J connectivity index is 3.28. The molecule has 0 N–H and O–H groups in total. The molecule has 96 valence electrons. The van der Waals surface area contributed by atoms with Crippen LogP contribution in [0, 0.1) is 11.3 Å². The predicted molar refractivity (Wildman–Crippen MR) is 57.1 cm³/mol. The van der Waals surface area contributed by atoms with Crippen LogP contribution in [0.5, 0.6) is 5.75 Å². The van der Waals surface area contributed by atoms with Crippen molar-refractivity contribution in [3.8, 4) is 11.8 Å². The van der Waals surface area contributed by atoms with Crippen LogP contribution in [0.2, 0.25) is 0 Å². The van der Waals surface area contributed by atoms with Gasteiger partial charge in [0, 0.05) is 0 Å². The van der Waals surface area contributed by atoms with E-state index in [0.717, 1.165) is 6.07 Å². The van der Waals surface area contributed by atoms with Crippen molar-refractivity contribution in [2.45, 2.75) is 18.7 Å². The Labute approximate surface area is 106 Å². The Morgan fingerprint density at radius 1 is 1.50 bits per heavy atom. The summed E-state index contributed by atoms with van der Waals surface area (Å²) >= 11 is 5.73. The van der Waals surface area contributed by atoms with Crippen LogP contribution in [-0.2, 0) is 4.79 Å². The van der Waals surface area contributed by atoms with Gasteiger partial charge in [0.15, 0.2) is 5.78 Å². The van der Waals surface area contributed by atoms with Crippen molar-refractivity contribution < 1.29 is 22.7 Å². The summed E-state index contributed by atoms with van der Waals surface area (Å²) in [6.07, 6.45) is -4.91. The SMILES string of the molecule is CC(=O)C(Cl)c1cccc(OC(F)(F)F)c1C#N. The number of hydrogen-bond acceptors (Lipinski definition) is 3. The van der Waals surface area contributed by atoms with Crippen LogP contribution in [0.25, 0.3) is 0 Å². The molecule has 0 radical (unpaired) electrons. The number of carbonyl (C=O) groups is 1. The quantitative estimate of drug-likeness (QED) is 0.796. The van der Waals surface area contributed by atoms with Crippen LogP contribution in [0.15, 0.2) is 18.2 Å². The smallest absolute Gasteiger partial charge is 0.404 e. The van der Waals surface area contributed by atoms with Gasteiger partial charge in [0.2, 0.25) is 0 Å². The zero-order valence-electron chi connectivity index (χ0n) is 9.08. The maximum absolute atomic E-state index is 12.1. The zero-order valence-corrected chi connectivity index (χ0v) is 9.84. The number of ketones is 1. The number of rotatable bonds is 3. The molecule has 0 fully saturated rings. The van der Waals surface area contributed by atoms with E-state index in [0.29, 0.717) is 0 Å². The van der Waals surface area contributed by atoms with Crippen LogP contribution in [0.1, 0.15) is 23.4 Å². The Kier molecular flexibility index (Phi) is 4.19. The third-order valence-corrected chi connectivity index (χ3v) is 2.57. The lowest BCUT2D eigenvalue weighted by Gasteiger charge is -2.14. The Bertz CT molecular complexity index is 508. The van der Waals surface area contributed by atoms with Crippen LogP contribution < -0.4 is 4.74 Å². The number of hydrogen-bond donors (Lipinski definition) is 0. The normalized spacial score (nSPS) is 12.7. The number of halogens is 4. The van der Waals surface area contributed by atoms with Gasteiger partial charge in [-0.25, -0.2) is 0 Å². The van der Waals surface area contributed by atoms with E-state index in [1.807, 2.05) is 0 Å². The second-order valence-electron chi connectivity index (χ2n) is 3.35. The lowest BCUT2D eigenvalue weighted by Crippen LogP contribution is -2.18. The van der Waals surface area contributed by atoms with Crippen molar-refractivity contribution >= 4 is 17.4 Å². The predicted octanol–water partition coefficient (Wildman–Crippen LogP) is 3.33. The summed E-state index contributed by atoms with van der Waals surface area (Å²) in [5.74, 6) is -1.15. The van der Waals surface area contributed by atoms with E-state index in [1.165, 1.54) is 19.1 Å². The molecule has 1 aromatic carbocycles. The second-order valence-corrected chi connectivity index (χ2v) is 3.79. The summed E-state index contributed by atoms with van der Waals surface area (Å²) in [5.41, 5.74) is -0.404. The lowest BCUT2D eigenvalue weighted by atomic mass is 10.0. The minimum atomic E-state index is -4.91. The van der Waals surface area contributed by atoms with E-state index in [2.05, 4.69) is 4.74 Å². The standard InChI is InChI=1S/C11H7ClF3NO2/c1-6(17)10(12)7-3-2-4-9(8(7)5-16)18-11(13,14)15/h2-4,10H,1H3. The maximum Gasteiger partial charge on any atom is 0.573 e. The second kappa shape index (κ2) is 5.27. The van der Waals surface area contributed by atoms with E-state index in [9.17, 15) is 18.0 Å². The fraction of sp³-hybridized carbons (Fsp3) is 0.273. The average molecular weight is 278 g/mol. The molecule has 1 unspecified atom stereocenters. The fourth-order valence-corrected chi connectivity index (χ4v) is 1.49. The summed E-state index contributed by atoms with van der Waals surface area (Å²) in [4.78, 5) is 11.1. The van der Waals surface area contributed by atoms with Gasteiger partial charge in [-0.15, -0.1) is 24.8 Å². The third kappa shape index (κ3) is 3.37. The highest BCUT2D eigenvalue weighted by Gasteiger charge is 2.33. The van der Waals surface area contributed by atoms with Gasteiger partial charge in [-0.05, 0) is 18.6 Å². The molecule has 0 saturated carbocycles. The fourth-order valence-electron chi connectivity index (χ4n) is 1.31. The topological polar surface area (TPSA) is 50.1 Å². The van der Waals surface area contributed by atoms with Crippen LogP contribution in [0.4, 0.5) is 13.2 Å². The first-order valence-corrected chi connectivity index (χ1v) is 5.13. The third-order valence-electron chi connectivity index (χ3n) is 2.03. The van der Waals surface area contributed by atoms with Crippen molar-refractivity contribution in [2.24, 2.45) is 0 Å². The van der Waals surface area contributed by atoms with Gasteiger partial charge in [0.05, 0.1) is 5.56 Å². The molecule has 1 atom stereocenters. The molecule has 0 bridgehead atoms. The Hall–Kier alpha value is -1.74. The summed E-state index contributed by atoms with van der Waals surface area (Å²) < 4.78 is 40.1. The molecule has 0 spiro atoms. The van der Waals surface area contributed by atoms with Gasteiger partial charge in [-0.1, -0.05) is 12.1 Å². The molecule has 1 rings (SSSR count). The number of nitriles is 1. The summed E-state index contributed by atoms with van der Waals surface area (Å²) in [7, 11) is 0. The monoisotopic (exact) mass is 277 g/mol. The first kappa shape index (κ1) is 14.3. The van der Waals surface area contributed by atoms with Crippen molar-refractivity contribution in [3.63, 3.8) is 0 Å². The van der Waals surface area contributed by atoms with E-state index >= 15 is 0 Å². The molecule has 7 heteroatoms. The van der Waals surface area contributed by atoms with Crippen molar-refractivity contribution in [3.05, 3.63) is 29.3 Å². The molecule has 0 aliphatic carbocycles. The molecule has 0 heterocycles. The maximum atomic E-state index is 12.1. The minimum Gasteiger partial charge on any atom is -0.404 e. The number of benzene rings is 1. The highest BCUT2D eigenvalue weighted by atomic mass is 35.5. The molecule has 3 nitrogen and oxygen atoms in total. The summed E-state index contributed by atoms with van der Waals surface area (Å²) in [6.45, 7) is 1.18. The van der Waals surface area contributed by atoms with E-state index in [-0.39, 0.29) is 5.56 Å². The van der Waals surface area contributed by atoms with E-state index < -0.39 is 28.8 Å². The highest BCUT2D eigenvalue weighted by molar-refractivity contribution is 6.31.